The van der Waals surface area contributed by atoms with E-state index in [1.165, 1.54) is 0 Å². The molecule has 0 radical (unpaired) electrons. The van der Waals surface area contributed by atoms with Gasteiger partial charge in [0.1, 0.15) is 0 Å². The maximum Gasteiger partial charge on any atom is 0.326 e. The summed E-state index contributed by atoms with van der Waals surface area (Å²) in [5.74, 6) is -0.542. The molecule has 0 aromatic carbocycles. The Morgan fingerprint density at radius 1 is 1.58 bits per heavy atom. The van der Waals surface area contributed by atoms with Gasteiger partial charge >= 0.3 is 5.97 Å². The van der Waals surface area contributed by atoms with E-state index in [0.717, 1.165) is 6.42 Å². The minimum absolute atomic E-state index is 0.293. The van der Waals surface area contributed by atoms with Crippen molar-refractivity contribution in [1.29, 1.82) is 0 Å². The van der Waals surface area contributed by atoms with E-state index in [4.69, 9.17) is 11.6 Å². The molecule has 0 amide bonds. The van der Waals surface area contributed by atoms with Crippen LogP contribution in [0.15, 0.2) is 0 Å². The highest BCUT2D eigenvalue weighted by molar-refractivity contribution is 6.30. The zero-order valence-corrected chi connectivity index (χ0v) is 8.17. The molecular weight excluding hydrogens is 180 g/mol. The van der Waals surface area contributed by atoms with E-state index in [9.17, 15) is 9.90 Å². The van der Waals surface area contributed by atoms with Crippen molar-refractivity contribution >= 4 is 17.6 Å². The SMILES string of the molecule is CCC[C@@H](O)[C@H](Cl)C(=O)OCC. The molecule has 0 saturated heterocycles. The molecule has 0 saturated carbocycles. The molecule has 0 aromatic heterocycles. The van der Waals surface area contributed by atoms with E-state index in [1.54, 1.807) is 6.92 Å². The highest BCUT2D eigenvalue weighted by atomic mass is 35.5. The van der Waals surface area contributed by atoms with Gasteiger partial charge in [-0.3, -0.25) is 4.79 Å². The second-order valence-corrected chi connectivity index (χ2v) is 2.98. The molecule has 0 aromatic rings. The lowest BCUT2D eigenvalue weighted by molar-refractivity contribution is -0.144. The Bertz CT molecular complexity index is 138. The zero-order valence-electron chi connectivity index (χ0n) is 7.42. The number of hydrogen-bond acceptors (Lipinski definition) is 3. The number of aliphatic hydroxyl groups excluding tert-OH is 1. The lowest BCUT2D eigenvalue weighted by Crippen LogP contribution is -2.30. The number of carbonyl (C=O) groups is 1. The lowest BCUT2D eigenvalue weighted by Gasteiger charge is -2.14. The summed E-state index contributed by atoms with van der Waals surface area (Å²) in [4.78, 5) is 10.9. The van der Waals surface area contributed by atoms with Crippen LogP contribution in [-0.2, 0) is 9.53 Å². The molecule has 0 spiro atoms. The fraction of sp³-hybridized carbons (Fsp3) is 0.875. The number of hydrogen-bond donors (Lipinski definition) is 1. The highest BCUT2D eigenvalue weighted by Crippen LogP contribution is 2.10. The predicted octanol–water partition coefficient (Wildman–Crippen LogP) is 1.32. The van der Waals surface area contributed by atoms with Crippen LogP contribution < -0.4 is 0 Å². The molecule has 0 fully saturated rings. The third kappa shape index (κ3) is 3.93. The molecule has 0 unspecified atom stereocenters. The van der Waals surface area contributed by atoms with Gasteiger partial charge in [0.15, 0.2) is 5.38 Å². The number of alkyl halides is 1. The molecule has 3 nitrogen and oxygen atoms in total. The fourth-order valence-electron chi connectivity index (χ4n) is 0.821. The Hall–Kier alpha value is -0.280. The average Bonchev–Trinajstić information content (AvgIpc) is 2.04. The molecule has 1 N–H and O–H groups in total. The van der Waals surface area contributed by atoms with Gasteiger partial charge in [0, 0.05) is 0 Å². The van der Waals surface area contributed by atoms with Crippen LogP contribution in [-0.4, -0.2) is 29.2 Å². The van der Waals surface area contributed by atoms with E-state index in [-0.39, 0.29) is 0 Å². The quantitative estimate of drug-likeness (QED) is 0.531. The standard InChI is InChI=1S/C8H15ClO3/c1-3-5-6(10)7(9)8(11)12-4-2/h6-7,10H,3-5H2,1-2H3/t6-,7+/m1/s1. The van der Waals surface area contributed by atoms with Gasteiger partial charge in [0.2, 0.25) is 0 Å². The van der Waals surface area contributed by atoms with Crippen LogP contribution in [0.3, 0.4) is 0 Å². The lowest BCUT2D eigenvalue weighted by atomic mass is 10.1. The third-order valence-electron chi connectivity index (χ3n) is 1.43. The molecule has 72 valence electrons. The van der Waals surface area contributed by atoms with Crippen LogP contribution in [0.2, 0.25) is 0 Å². The van der Waals surface area contributed by atoms with Gasteiger partial charge in [-0.25, -0.2) is 0 Å². The summed E-state index contributed by atoms with van der Waals surface area (Å²) >= 11 is 5.61. The number of ether oxygens (including phenoxy) is 1. The predicted molar refractivity (Wildman–Crippen MR) is 47.2 cm³/mol. The summed E-state index contributed by atoms with van der Waals surface area (Å²) in [6.07, 6.45) is 0.521. The van der Waals surface area contributed by atoms with E-state index < -0.39 is 17.5 Å². The van der Waals surface area contributed by atoms with Crippen LogP contribution in [0.4, 0.5) is 0 Å². The molecule has 0 heterocycles. The molecular formula is C8H15ClO3. The molecule has 0 bridgehead atoms. The number of rotatable bonds is 5. The van der Waals surface area contributed by atoms with Gasteiger partial charge < -0.3 is 9.84 Å². The van der Waals surface area contributed by atoms with Crippen molar-refractivity contribution in [3.05, 3.63) is 0 Å². The Balaban J connectivity index is 3.82. The Morgan fingerprint density at radius 2 is 2.17 bits per heavy atom. The van der Waals surface area contributed by atoms with Gasteiger partial charge in [-0.2, -0.15) is 0 Å². The van der Waals surface area contributed by atoms with E-state index >= 15 is 0 Å². The minimum atomic E-state index is -0.926. The summed E-state index contributed by atoms with van der Waals surface area (Å²) in [5.41, 5.74) is 0. The largest absolute Gasteiger partial charge is 0.465 e. The highest BCUT2D eigenvalue weighted by Gasteiger charge is 2.24. The van der Waals surface area contributed by atoms with Gasteiger partial charge in [-0.15, -0.1) is 11.6 Å². The molecule has 0 aliphatic heterocycles. The Labute approximate surface area is 77.7 Å². The number of halogens is 1. The molecule has 4 heteroatoms. The maximum absolute atomic E-state index is 10.9. The van der Waals surface area contributed by atoms with Crippen molar-refractivity contribution in [3.8, 4) is 0 Å². The normalized spacial score (nSPS) is 15.3. The number of esters is 1. The first-order chi connectivity index (χ1) is 5.63. The van der Waals surface area contributed by atoms with E-state index in [0.29, 0.717) is 13.0 Å². The first-order valence-electron chi connectivity index (χ1n) is 4.12. The van der Waals surface area contributed by atoms with Crippen LogP contribution >= 0.6 is 11.6 Å². The maximum atomic E-state index is 10.9. The summed E-state index contributed by atoms with van der Waals surface area (Å²) in [5, 5.41) is 8.36. The number of aliphatic hydroxyl groups is 1. The van der Waals surface area contributed by atoms with Gasteiger partial charge in [-0.05, 0) is 13.3 Å². The second-order valence-electron chi connectivity index (χ2n) is 2.51. The summed E-state index contributed by atoms with van der Waals surface area (Å²) in [7, 11) is 0. The Morgan fingerprint density at radius 3 is 2.58 bits per heavy atom. The molecule has 0 aliphatic rings. The van der Waals surface area contributed by atoms with Crippen molar-refractivity contribution in [1.82, 2.24) is 0 Å². The molecule has 0 rings (SSSR count). The first-order valence-corrected chi connectivity index (χ1v) is 4.55. The van der Waals surface area contributed by atoms with Crippen LogP contribution in [0.25, 0.3) is 0 Å². The van der Waals surface area contributed by atoms with Gasteiger partial charge in [0.25, 0.3) is 0 Å². The topological polar surface area (TPSA) is 46.5 Å². The summed E-state index contributed by atoms with van der Waals surface area (Å²) in [6, 6.07) is 0. The van der Waals surface area contributed by atoms with Crippen molar-refractivity contribution in [2.24, 2.45) is 0 Å². The second kappa shape index (κ2) is 6.26. The van der Waals surface area contributed by atoms with Gasteiger partial charge in [0.05, 0.1) is 12.7 Å². The monoisotopic (exact) mass is 194 g/mol. The first kappa shape index (κ1) is 11.7. The van der Waals surface area contributed by atoms with Gasteiger partial charge in [-0.1, -0.05) is 13.3 Å². The summed E-state index contributed by atoms with van der Waals surface area (Å²) in [6.45, 7) is 3.91. The van der Waals surface area contributed by atoms with E-state index in [2.05, 4.69) is 4.74 Å². The van der Waals surface area contributed by atoms with Crippen LogP contribution in [0.5, 0.6) is 0 Å². The van der Waals surface area contributed by atoms with Crippen molar-refractivity contribution in [3.63, 3.8) is 0 Å². The zero-order chi connectivity index (χ0) is 9.56. The smallest absolute Gasteiger partial charge is 0.326 e. The molecule has 0 aliphatic carbocycles. The Kier molecular flexibility index (Phi) is 6.11. The van der Waals surface area contributed by atoms with Crippen molar-refractivity contribution in [2.75, 3.05) is 6.61 Å². The van der Waals surface area contributed by atoms with Crippen LogP contribution in [0.1, 0.15) is 26.7 Å². The number of carbonyl (C=O) groups excluding carboxylic acids is 1. The average molecular weight is 195 g/mol. The fourth-order valence-corrected chi connectivity index (χ4v) is 1.01. The van der Waals surface area contributed by atoms with Crippen LogP contribution in [0, 0.1) is 0 Å². The molecule has 2 atom stereocenters. The van der Waals surface area contributed by atoms with Crippen molar-refractivity contribution in [2.45, 2.75) is 38.2 Å². The summed E-state index contributed by atoms with van der Waals surface area (Å²) < 4.78 is 4.64. The van der Waals surface area contributed by atoms with Crippen molar-refractivity contribution < 1.29 is 14.6 Å². The molecule has 12 heavy (non-hydrogen) atoms. The minimum Gasteiger partial charge on any atom is -0.465 e. The van der Waals surface area contributed by atoms with E-state index in [1.807, 2.05) is 6.92 Å². The third-order valence-corrected chi connectivity index (χ3v) is 1.90.